The highest BCUT2D eigenvalue weighted by Crippen LogP contribution is 2.48. The summed E-state index contributed by atoms with van der Waals surface area (Å²) in [7, 11) is 1.82. The molecule has 1 aromatic carbocycles. The molecular weight excluding hydrogens is 332 g/mol. The molecular formula is C16H17BrN2O2. The van der Waals surface area contributed by atoms with E-state index in [9.17, 15) is 4.79 Å². The van der Waals surface area contributed by atoms with Crippen LogP contribution in [-0.4, -0.2) is 23.0 Å². The van der Waals surface area contributed by atoms with Gasteiger partial charge in [0.05, 0.1) is 6.54 Å². The van der Waals surface area contributed by atoms with Gasteiger partial charge in [0.2, 0.25) is 5.91 Å². The van der Waals surface area contributed by atoms with Crippen molar-refractivity contribution in [3.8, 4) is 0 Å². The number of hydrogen-bond donors (Lipinski definition) is 0. The predicted octanol–water partition coefficient (Wildman–Crippen LogP) is 3.51. The van der Waals surface area contributed by atoms with Crippen molar-refractivity contribution in [1.29, 1.82) is 0 Å². The fourth-order valence-corrected chi connectivity index (χ4v) is 2.91. The molecule has 0 bridgehead atoms. The molecule has 1 heterocycles. The fraction of sp³-hybridized carbons (Fsp3) is 0.375. The average molecular weight is 349 g/mol. The van der Waals surface area contributed by atoms with E-state index in [1.807, 2.05) is 32.2 Å². The van der Waals surface area contributed by atoms with E-state index in [1.165, 1.54) is 5.56 Å². The largest absolute Gasteiger partial charge is 0.361 e. The highest BCUT2D eigenvalue weighted by Gasteiger charge is 2.45. The quantitative estimate of drug-likeness (QED) is 0.849. The molecule has 1 fully saturated rings. The molecule has 110 valence electrons. The molecule has 0 aliphatic heterocycles. The van der Waals surface area contributed by atoms with Gasteiger partial charge in [0.15, 0.2) is 0 Å². The fourth-order valence-electron chi connectivity index (χ4n) is 2.64. The third-order valence-corrected chi connectivity index (χ3v) is 4.39. The summed E-state index contributed by atoms with van der Waals surface area (Å²) < 4.78 is 6.09. The topological polar surface area (TPSA) is 46.3 Å². The first-order valence-corrected chi connectivity index (χ1v) is 7.76. The van der Waals surface area contributed by atoms with E-state index in [1.54, 1.807) is 4.90 Å². The van der Waals surface area contributed by atoms with E-state index in [4.69, 9.17) is 4.52 Å². The molecule has 1 aliphatic carbocycles. The van der Waals surface area contributed by atoms with Crippen LogP contribution in [0.4, 0.5) is 0 Å². The third kappa shape index (κ3) is 3.18. The van der Waals surface area contributed by atoms with Gasteiger partial charge in [-0.15, -0.1) is 0 Å². The molecule has 3 rings (SSSR count). The minimum Gasteiger partial charge on any atom is -0.361 e. The lowest BCUT2D eigenvalue weighted by molar-refractivity contribution is -0.131. The second-order valence-corrected chi connectivity index (χ2v) is 6.54. The van der Waals surface area contributed by atoms with Crippen molar-refractivity contribution in [2.75, 3.05) is 7.05 Å². The zero-order valence-corrected chi connectivity index (χ0v) is 13.6. The highest BCUT2D eigenvalue weighted by molar-refractivity contribution is 9.10. The zero-order valence-electron chi connectivity index (χ0n) is 12.0. The molecule has 5 heteroatoms. The Hall–Kier alpha value is -1.62. The maximum Gasteiger partial charge on any atom is 0.226 e. The normalized spacial score (nSPS) is 20.3. The highest BCUT2D eigenvalue weighted by atomic mass is 79.9. The first kappa shape index (κ1) is 14.3. The second kappa shape index (κ2) is 5.64. The van der Waals surface area contributed by atoms with E-state index in [0.717, 1.165) is 22.3 Å². The van der Waals surface area contributed by atoms with E-state index in [2.05, 4.69) is 33.2 Å². The van der Waals surface area contributed by atoms with Gasteiger partial charge in [-0.25, -0.2) is 0 Å². The van der Waals surface area contributed by atoms with Crippen LogP contribution in [0.15, 0.2) is 39.3 Å². The van der Waals surface area contributed by atoms with Crippen molar-refractivity contribution in [1.82, 2.24) is 10.1 Å². The number of carbonyl (C=O) groups is 1. The average Bonchev–Trinajstić information content (AvgIpc) is 3.15. The number of rotatable bonds is 4. The lowest BCUT2D eigenvalue weighted by Gasteiger charge is -2.15. The SMILES string of the molecule is Cc1cc(CN(C)C(=O)[C@H]2C[C@@H]2c2ccc(Br)cc2)no1. The number of amides is 1. The Kier molecular flexibility index (Phi) is 3.85. The van der Waals surface area contributed by atoms with Gasteiger partial charge in [0, 0.05) is 23.5 Å². The van der Waals surface area contributed by atoms with Crippen molar-refractivity contribution in [2.45, 2.75) is 25.8 Å². The minimum absolute atomic E-state index is 0.101. The van der Waals surface area contributed by atoms with Crippen molar-refractivity contribution < 1.29 is 9.32 Å². The van der Waals surface area contributed by atoms with Gasteiger partial charge in [-0.2, -0.15) is 0 Å². The van der Waals surface area contributed by atoms with Crippen LogP contribution in [0.3, 0.4) is 0 Å². The molecule has 4 nitrogen and oxygen atoms in total. The van der Waals surface area contributed by atoms with Crippen molar-refractivity contribution in [3.05, 3.63) is 51.8 Å². The lowest BCUT2D eigenvalue weighted by atomic mass is 10.1. The van der Waals surface area contributed by atoms with Gasteiger partial charge in [0.25, 0.3) is 0 Å². The number of aromatic nitrogens is 1. The van der Waals surface area contributed by atoms with Crippen LogP contribution in [0.2, 0.25) is 0 Å². The molecule has 1 amide bonds. The maximum absolute atomic E-state index is 12.4. The van der Waals surface area contributed by atoms with E-state index in [0.29, 0.717) is 12.5 Å². The Labute approximate surface area is 132 Å². The van der Waals surface area contributed by atoms with Crippen LogP contribution in [-0.2, 0) is 11.3 Å². The van der Waals surface area contributed by atoms with Gasteiger partial charge in [-0.05, 0) is 37.0 Å². The predicted molar refractivity (Wildman–Crippen MR) is 82.7 cm³/mol. The van der Waals surface area contributed by atoms with Crippen LogP contribution >= 0.6 is 15.9 Å². The molecule has 1 saturated carbocycles. The number of carbonyl (C=O) groups excluding carboxylic acids is 1. The van der Waals surface area contributed by atoms with Gasteiger partial charge >= 0.3 is 0 Å². The molecule has 0 unspecified atom stereocenters. The van der Waals surface area contributed by atoms with E-state index in [-0.39, 0.29) is 11.8 Å². The van der Waals surface area contributed by atoms with Gasteiger partial charge in [-0.1, -0.05) is 33.2 Å². The van der Waals surface area contributed by atoms with E-state index < -0.39 is 0 Å². The molecule has 0 radical (unpaired) electrons. The second-order valence-electron chi connectivity index (χ2n) is 5.62. The Balaban J connectivity index is 1.60. The summed E-state index contributed by atoms with van der Waals surface area (Å²) in [6.07, 6.45) is 0.933. The van der Waals surface area contributed by atoms with Crippen molar-refractivity contribution >= 4 is 21.8 Å². The molecule has 0 N–H and O–H groups in total. The van der Waals surface area contributed by atoms with Crippen molar-refractivity contribution in [2.24, 2.45) is 5.92 Å². The maximum atomic E-state index is 12.4. The molecule has 0 spiro atoms. The summed E-state index contributed by atoms with van der Waals surface area (Å²) in [5, 5.41) is 3.93. The number of nitrogens with zero attached hydrogens (tertiary/aromatic N) is 2. The van der Waals surface area contributed by atoms with Crippen LogP contribution in [0.25, 0.3) is 0 Å². The van der Waals surface area contributed by atoms with Crippen LogP contribution < -0.4 is 0 Å². The minimum atomic E-state index is 0.101. The zero-order chi connectivity index (χ0) is 15.0. The summed E-state index contributed by atoms with van der Waals surface area (Å²) in [5.74, 6) is 1.41. The van der Waals surface area contributed by atoms with Crippen LogP contribution in [0.5, 0.6) is 0 Å². The first-order valence-electron chi connectivity index (χ1n) is 6.97. The van der Waals surface area contributed by atoms with Gasteiger partial charge in [0.1, 0.15) is 11.5 Å². The van der Waals surface area contributed by atoms with Crippen LogP contribution in [0, 0.1) is 12.8 Å². The first-order chi connectivity index (χ1) is 10.0. The Morgan fingerprint density at radius 3 is 2.76 bits per heavy atom. The summed E-state index contributed by atoms with van der Waals surface area (Å²) in [5.41, 5.74) is 2.03. The van der Waals surface area contributed by atoms with Gasteiger partial charge in [-0.3, -0.25) is 4.79 Å². The Morgan fingerprint density at radius 2 is 2.14 bits per heavy atom. The molecule has 1 aromatic heterocycles. The lowest BCUT2D eigenvalue weighted by Crippen LogP contribution is -2.28. The Morgan fingerprint density at radius 1 is 1.43 bits per heavy atom. The summed E-state index contributed by atoms with van der Waals surface area (Å²) >= 11 is 3.43. The Bertz CT molecular complexity index is 651. The molecule has 2 atom stereocenters. The van der Waals surface area contributed by atoms with Gasteiger partial charge < -0.3 is 9.42 Å². The number of halogens is 1. The molecule has 0 saturated heterocycles. The summed E-state index contributed by atoms with van der Waals surface area (Å²) in [4.78, 5) is 14.2. The summed E-state index contributed by atoms with van der Waals surface area (Å²) in [6, 6.07) is 10.1. The molecule has 2 aromatic rings. The molecule has 21 heavy (non-hydrogen) atoms. The van der Waals surface area contributed by atoms with Crippen LogP contribution in [0.1, 0.15) is 29.4 Å². The third-order valence-electron chi connectivity index (χ3n) is 3.86. The molecule has 1 aliphatic rings. The van der Waals surface area contributed by atoms with E-state index >= 15 is 0 Å². The van der Waals surface area contributed by atoms with Crippen molar-refractivity contribution in [3.63, 3.8) is 0 Å². The monoisotopic (exact) mass is 348 g/mol. The number of benzene rings is 1. The summed E-state index contributed by atoms with van der Waals surface area (Å²) in [6.45, 7) is 2.35. The standard InChI is InChI=1S/C16H17BrN2O2/c1-10-7-13(18-21-10)9-19(2)16(20)15-8-14(15)11-3-5-12(17)6-4-11/h3-7,14-15H,8-9H2,1-2H3/t14-,15+/m1/s1. The smallest absolute Gasteiger partial charge is 0.226 e. The number of hydrogen-bond acceptors (Lipinski definition) is 3. The number of aryl methyl sites for hydroxylation is 1.